The highest BCUT2D eigenvalue weighted by Crippen LogP contribution is 2.56. The van der Waals surface area contributed by atoms with Crippen LogP contribution in [-0.2, 0) is 11.8 Å². The van der Waals surface area contributed by atoms with E-state index in [1.165, 1.54) is 31.2 Å². The number of phenolic OH excluding ortho intramolecular Hbond substituents is 1. The number of likely N-dealkylation sites (tertiary alicyclic amines) is 1. The summed E-state index contributed by atoms with van der Waals surface area (Å²) in [6.07, 6.45) is 7.02. The van der Waals surface area contributed by atoms with Crippen LogP contribution in [0.4, 0.5) is 0 Å². The van der Waals surface area contributed by atoms with Crippen LogP contribution in [0.2, 0.25) is 0 Å². The number of aromatic hydroxyl groups is 1. The lowest BCUT2D eigenvalue weighted by molar-refractivity contribution is -0.00888. The number of benzene rings is 2. The molecule has 3 atom stereocenters. The van der Waals surface area contributed by atoms with E-state index in [4.69, 9.17) is 0 Å². The standard InChI is InChI=1S/C24H27NO2/c26-22-11-6-10-19-18(22)15-21-20-9-4-5-12-24(19,20)13-14-25(21)16-23(27)17-7-2-1-3-8-17/h1-3,6-8,10-11,20-21,26H,4-5,9,12-16H2/t20-,21+,24-/m0/s1. The average molecular weight is 361 g/mol. The van der Waals surface area contributed by atoms with E-state index < -0.39 is 0 Å². The maximum absolute atomic E-state index is 12.9. The molecular weight excluding hydrogens is 334 g/mol. The maximum Gasteiger partial charge on any atom is 0.176 e. The first kappa shape index (κ1) is 17.0. The molecule has 2 fully saturated rings. The van der Waals surface area contributed by atoms with Crippen molar-refractivity contribution in [2.75, 3.05) is 13.1 Å². The molecule has 2 aromatic carbocycles. The van der Waals surface area contributed by atoms with Crippen molar-refractivity contribution in [2.24, 2.45) is 5.92 Å². The highest BCUT2D eigenvalue weighted by Gasteiger charge is 2.54. The molecule has 1 heterocycles. The van der Waals surface area contributed by atoms with Crippen LogP contribution < -0.4 is 0 Å². The Kier molecular flexibility index (Phi) is 4.08. The average Bonchev–Trinajstić information content (AvgIpc) is 2.71. The molecule has 3 heteroatoms. The number of fused-ring (bicyclic) bond motifs is 1. The van der Waals surface area contributed by atoms with Crippen molar-refractivity contribution in [3.63, 3.8) is 0 Å². The van der Waals surface area contributed by atoms with Crippen LogP contribution in [0.25, 0.3) is 0 Å². The molecule has 0 radical (unpaired) electrons. The smallest absolute Gasteiger partial charge is 0.176 e. The Morgan fingerprint density at radius 1 is 1.07 bits per heavy atom. The van der Waals surface area contributed by atoms with E-state index in [1.54, 1.807) is 0 Å². The number of phenols is 1. The van der Waals surface area contributed by atoms with Crippen molar-refractivity contribution in [1.29, 1.82) is 0 Å². The summed E-state index contributed by atoms with van der Waals surface area (Å²) < 4.78 is 0. The molecule has 1 saturated carbocycles. The molecular formula is C24H27NO2. The Labute approximate surface area is 161 Å². The van der Waals surface area contributed by atoms with Gasteiger partial charge in [0.1, 0.15) is 5.75 Å². The minimum absolute atomic E-state index is 0.210. The van der Waals surface area contributed by atoms with Crippen LogP contribution in [0.3, 0.4) is 0 Å². The Bertz CT molecular complexity index is 862. The van der Waals surface area contributed by atoms with E-state index in [0.717, 1.165) is 30.5 Å². The lowest BCUT2D eigenvalue weighted by Gasteiger charge is -2.59. The molecule has 3 aliphatic rings. The fourth-order valence-electron chi connectivity index (χ4n) is 6.20. The molecule has 2 bridgehead atoms. The SMILES string of the molecule is O=C(CN1CC[C@]23CCCC[C@H]2[C@H]1Cc1c(O)cccc13)c1ccccc1. The van der Waals surface area contributed by atoms with Gasteiger partial charge in [0.05, 0.1) is 6.54 Å². The lowest BCUT2D eigenvalue weighted by atomic mass is 9.52. The second-order valence-corrected chi connectivity index (χ2v) is 8.59. The summed E-state index contributed by atoms with van der Waals surface area (Å²) >= 11 is 0. The van der Waals surface area contributed by atoms with Gasteiger partial charge in [-0.25, -0.2) is 0 Å². The molecule has 3 nitrogen and oxygen atoms in total. The van der Waals surface area contributed by atoms with Gasteiger partial charge in [-0.3, -0.25) is 9.69 Å². The third-order valence-corrected chi connectivity index (χ3v) is 7.42. The Morgan fingerprint density at radius 3 is 2.78 bits per heavy atom. The second-order valence-electron chi connectivity index (χ2n) is 8.59. The third-order valence-electron chi connectivity index (χ3n) is 7.42. The van der Waals surface area contributed by atoms with Gasteiger partial charge in [-0.15, -0.1) is 0 Å². The van der Waals surface area contributed by atoms with E-state index in [-0.39, 0.29) is 11.2 Å². The van der Waals surface area contributed by atoms with Crippen molar-refractivity contribution in [1.82, 2.24) is 4.90 Å². The Balaban J connectivity index is 1.49. The number of piperidine rings is 1. The quantitative estimate of drug-likeness (QED) is 0.827. The number of carbonyl (C=O) groups is 1. The van der Waals surface area contributed by atoms with Crippen LogP contribution in [0.15, 0.2) is 48.5 Å². The number of hydrogen-bond acceptors (Lipinski definition) is 3. The second kappa shape index (κ2) is 6.49. The minimum Gasteiger partial charge on any atom is -0.508 e. The largest absolute Gasteiger partial charge is 0.508 e. The summed E-state index contributed by atoms with van der Waals surface area (Å²) in [5.41, 5.74) is 3.55. The zero-order valence-electron chi connectivity index (χ0n) is 15.7. The highest BCUT2D eigenvalue weighted by molar-refractivity contribution is 5.97. The van der Waals surface area contributed by atoms with Gasteiger partial charge in [0.15, 0.2) is 5.78 Å². The highest BCUT2D eigenvalue weighted by atomic mass is 16.3. The molecule has 1 saturated heterocycles. The molecule has 2 aromatic rings. The van der Waals surface area contributed by atoms with Gasteiger partial charge < -0.3 is 5.11 Å². The summed E-state index contributed by atoms with van der Waals surface area (Å²) in [7, 11) is 0. The van der Waals surface area contributed by atoms with Gasteiger partial charge in [0.25, 0.3) is 0 Å². The van der Waals surface area contributed by atoms with Crippen molar-refractivity contribution in [3.05, 3.63) is 65.2 Å². The van der Waals surface area contributed by atoms with E-state index >= 15 is 0 Å². The number of rotatable bonds is 3. The van der Waals surface area contributed by atoms with Gasteiger partial charge >= 0.3 is 0 Å². The molecule has 1 N–H and O–H groups in total. The molecule has 0 amide bonds. The lowest BCUT2D eigenvalue weighted by Crippen LogP contribution is -2.61. The molecule has 140 valence electrons. The molecule has 0 unspecified atom stereocenters. The van der Waals surface area contributed by atoms with E-state index in [9.17, 15) is 9.90 Å². The predicted molar refractivity (Wildman–Crippen MR) is 106 cm³/mol. The van der Waals surface area contributed by atoms with Gasteiger partial charge in [0.2, 0.25) is 0 Å². The zero-order chi connectivity index (χ0) is 18.4. The van der Waals surface area contributed by atoms with E-state index in [0.29, 0.717) is 24.3 Å². The van der Waals surface area contributed by atoms with Crippen LogP contribution >= 0.6 is 0 Å². The summed E-state index contributed by atoms with van der Waals surface area (Å²) in [4.78, 5) is 15.3. The summed E-state index contributed by atoms with van der Waals surface area (Å²) in [6.45, 7) is 1.47. The van der Waals surface area contributed by atoms with Crippen molar-refractivity contribution >= 4 is 5.78 Å². The fraction of sp³-hybridized carbons (Fsp3) is 0.458. The van der Waals surface area contributed by atoms with Gasteiger partial charge in [0, 0.05) is 17.0 Å². The molecule has 2 aliphatic carbocycles. The van der Waals surface area contributed by atoms with Gasteiger partial charge in [-0.1, -0.05) is 55.3 Å². The third kappa shape index (κ3) is 2.63. The molecule has 5 rings (SSSR count). The first-order chi connectivity index (χ1) is 13.2. The summed E-state index contributed by atoms with van der Waals surface area (Å²) in [5.74, 6) is 1.26. The number of ketones is 1. The van der Waals surface area contributed by atoms with Crippen molar-refractivity contribution in [2.45, 2.75) is 50.0 Å². The first-order valence-electron chi connectivity index (χ1n) is 10.3. The minimum atomic E-state index is 0.210. The predicted octanol–water partition coefficient (Wildman–Crippen LogP) is 4.33. The van der Waals surface area contributed by atoms with Crippen molar-refractivity contribution < 1.29 is 9.90 Å². The normalized spacial score (nSPS) is 29.6. The van der Waals surface area contributed by atoms with Crippen molar-refractivity contribution in [3.8, 4) is 5.75 Å². The van der Waals surface area contributed by atoms with E-state index in [1.807, 2.05) is 42.5 Å². The number of nitrogens with zero attached hydrogens (tertiary/aromatic N) is 1. The number of Topliss-reactive ketones (excluding diaryl/α,β-unsaturated/α-hetero) is 1. The summed E-state index contributed by atoms with van der Waals surface area (Å²) in [6, 6.07) is 16.1. The number of carbonyl (C=O) groups excluding carboxylic acids is 1. The Morgan fingerprint density at radius 2 is 1.93 bits per heavy atom. The molecule has 27 heavy (non-hydrogen) atoms. The molecule has 1 aliphatic heterocycles. The van der Waals surface area contributed by atoms with Crippen LogP contribution in [-0.4, -0.2) is 34.9 Å². The number of hydrogen-bond donors (Lipinski definition) is 1. The van der Waals surface area contributed by atoms with Crippen LogP contribution in [0.1, 0.15) is 53.6 Å². The van der Waals surface area contributed by atoms with Crippen LogP contribution in [0.5, 0.6) is 5.75 Å². The first-order valence-corrected chi connectivity index (χ1v) is 10.3. The fourth-order valence-corrected chi connectivity index (χ4v) is 6.20. The topological polar surface area (TPSA) is 40.5 Å². The molecule has 0 aromatic heterocycles. The van der Waals surface area contributed by atoms with Crippen LogP contribution in [0, 0.1) is 5.92 Å². The maximum atomic E-state index is 12.9. The molecule has 0 spiro atoms. The van der Waals surface area contributed by atoms with Gasteiger partial charge in [-0.2, -0.15) is 0 Å². The zero-order valence-corrected chi connectivity index (χ0v) is 15.7. The monoisotopic (exact) mass is 361 g/mol. The van der Waals surface area contributed by atoms with Gasteiger partial charge in [-0.05, 0) is 55.3 Å². The van der Waals surface area contributed by atoms with E-state index in [2.05, 4.69) is 11.0 Å². The Hall–Kier alpha value is -2.13. The summed E-state index contributed by atoms with van der Waals surface area (Å²) in [5, 5.41) is 10.6.